The zero-order chi connectivity index (χ0) is 21.9. The third kappa shape index (κ3) is 4.35. The first kappa shape index (κ1) is 22.2. The number of nitrogens with zero attached hydrogens (tertiary/aromatic N) is 2. The number of sulfonamides is 1. The van der Waals surface area contributed by atoms with Crippen molar-refractivity contribution >= 4 is 10.0 Å². The van der Waals surface area contributed by atoms with Crippen molar-refractivity contribution in [2.24, 2.45) is 5.92 Å². The summed E-state index contributed by atoms with van der Waals surface area (Å²) in [4.78, 5) is 0.0909. The third-order valence-corrected chi connectivity index (χ3v) is 7.44. The first-order valence-corrected chi connectivity index (χ1v) is 11.3. The highest BCUT2D eigenvalue weighted by atomic mass is 32.2. The molecule has 2 aromatic carbocycles. The summed E-state index contributed by atoms with van der Waals surface area (Å²) in [5, 5.41) is 21.8. The maximum atomic E-state index is 13.4. The van der Waals surface area contributed by atoms with Crippen LogP contribution in [0.15, 0.2) is 47.4 Å². The SMILES string of the molecule is CNC[C@@H]1Oc2cc(-c3ccc(C#N)cc3)ccc2S(=O)(=O)N([C@@H](C)CO)C[C@H]1C. The van der Waals surface area contributed by atoms with E-state index in [9.17, 15) is 13.5 Å². The Morgan fingerprint density at radius 3 is 2.53 bits per heavy atom. The number of aliphatic hydroxyl groups is 1. The molecule has 160 valence electrons. The molecular formula is C22H27N3O4S. The van der Waals surface area contributed by atoms with E-state index >= 15 is 0 Å². The second-order valence-electron chi connectivity index (χ2n) is 7.65. The van der Waals surface area contributed by atoms with Gasteiger partial charge in [0, 0.05) is 25.0 Å². The molecule has 8 heteroatoms. The molecule has 2 aromatic rings. The van der Waals surface area contributed by atoms with Crippen molar-refractivity contribution in [3.63, 3.8) is 0 Å². The Morgan fingerprint density at radius 1 is 1.27 bits per heavy atom. The van der Waals surface area contributed by atoms with E-state index in [0.29, 0.717) is 17.9 Å². The van der Waals surface area contributed by atoms with E-state index in [1.807, 2.05) is 26.1 Å². The molecule has 30 heavy (non-hydrogen) atoms. The Bertz CT molecular complexity index is 1030. The second kappa shape index (κ2) is 9.14. The fourth-order valence-corrected chi connectivity index (χ4v) is 5.41. The van der Waals surface area contributed by atoms with Crippen LogP contribution in [0.4, 0.5) is 0 Å². The fraction of sp³-hybridized carbons (Fsp3) is 0.409. The highest BCUT2D eigenvalue weighted by Gasteiger charge is 2.37. The molecule has 1 heterocycles. The molecule has 3 atom stereocenters. The number of fused-ring (bicyclic) bond motifs is 1. The van der Waals surface area contributed by atoms with Gasteiger partial charge in [-0.05, 0) is 49.4 Å². The number of aliphatic hydroxyl groups excluding tert-OH is 1. The minimum Gasteiger partial charge on any atom is -0.487 e. The van der Waals surface area contributed by atoms with Crippen LogP contribution in [0.5, 0.6) is 5.75 Å². The zero-order valence-corrected chi connectivity index (χ0v) is 18.2. The minimum absolute atomic E-state index is 0.0899. The van der Waals surface area contributed by atoms with Crippen LogP contribution in [0, 0.1) is 17.2 Å². The van der Waals surface area contributed by atoms with Gasteiger partial charge < -0.3 is 15.2 Å². The standard InChI is InChI=1S/C22H27N3O4S/c1-15-13-25(16(2)14-26)30(27,28)22-9-8-19(10-20(22)29-21(15)12-24-3)18-6-4-17(11-23)5-7-18/h4-10,15-16,21,24,26H,12-14H2,1-3H3/t15-,16+,21+/m1/s1. The van der Waals surface area contributed by atoms with Crippen LogP contribution in [0.1, 0.15) is 19.4 Å². The summed E-state index contributed by atoms with van der Waals surface area (Å²) in [6, 6.07) is 13.7. The summed E-state index contributed by atoms with van der Waals surface area (Å²) in [5.41, 5.74) is 2.21. The predicted molar refractivity (Wildman–Crippen MR) is 115 cm³/mol. The molecule has 0 aliphatic carbocycles. The van der Waals surface area contributed by atoms with Crippen molar-refractivity contribution in [3.05, 3.63) is 48.0 Å². The van der Waals surface area contributed by atoms with Crippen LogP contribution in [-0.4, -0.2) is 56.7 Å². The number of nitrogens with one attached hydrogen (secondary N) is 1. The number of nitriles is 1. The molecular weight excluding hydrogens is 402 g/mol. The Hall–Kier alpha value is -2.44. The fourth-order valence-electron chi connectivity index (χ4n) is 3.59. The van der Waals surface area contributed by atoms with Crippen molar-refractivity contribution in [1.82, 2.24) is 9.62 Å². The Morgan fingerprint density at radius 2 is 1.93 bits per heavy atom. The lowest BCUT2D eigenvalue weighted by Crippen LogP contribution is -2.49. The number of rotatable bonds is 5. The van der Waals surface area contributed by atoms with E-state index in [4.69, 9.17) is 10.00 Å². The normalized spacial score (nSPS) is 22.1. The van der Waals surface area contributed by atoms with Crippen LogP contribution in [0.25, 0.3) is 11.1 Å². The number of likely N-dealkylation sites (N-methyl/N-ethyl adjacent to an activating group) is 1. The topological polar surface area (TPSA) is 103 Å². The molecule has 0 bridgehead atoms. The third-order valence-electron chi connectivity index (χ3n) is 5.42. The van der Waals surface area contributed by atoms with Gasteiger partial charge in [0.15, 0.2) is 0 Å². The van der Waals surface area contributed by atoms with Gasteiger partial charge in [0.1, 0.15) is 16.7 Å². The van der Waals surface area contributed by atoms with Gasteiger partial charge in [0.05, 0.1) is 18.2 Å². The van der Waals surface area contributed by atoms with Crippen molar-refractivity contribution in [2.45, 2.75) is 30.9 Å². The van der Waals surface area contributed by atoms with Gasteiger partial charge in [0.25, 0.3) is 0 Å². The summed E-state index contributed by atoms with van der Waals surface area (Å²) < 4.78 is 34.4. The van der Waals surface area contributed by atoms with Crippen molar-refractivity contribution in [2.75, 3.05) is 26.7 Å². The highest BCUT2D eigenvalue weighted by Crippen LogP contribution is 2.36. The molecule has 7 nitrogen and oxygen atoms in total. The molecule has 0 radical (unpaired) electrons. The molecule has 0 saturated carbocycles. The predicted octanol–water partition coefficient (Wildman–Crippen LogP) is 2.21. The van der Waals surface area contributed by atoms with Crippen molar-refractivity contribution in [1.29, 1.82) is 5.26 Å². The van der Waals surface area contributed by atoms with E-state index in [2.05, 4.69) is 11.4 Å². The lowest BCUT2D eigenvalue weighted by atomic mass is 10.0. The maximum absolute atomic E-state index is 13.4. The van der Waals surface area contributed by atoms with E-state index in [1.165, 1.54) is 4.31 Å². The van der Waals surface area contributed by atoms with Gasteiger partial charge in [-0.15, -0.1) is 0 Å². The Balaban J connectivity index is 2.13. The Kier molecular flexibility index (Phi) is 6.78. The van der Waals surface area contributed by atoms with Gasteiger partial charge >= 0.3 is 0 Å². The molecule has 2 N–H and O–H groups in total. The summed E-state index contributed by atoms with van der Waals surface area (Å²) in [6.07, 6.45) is -0.242. The average molecular weight is 430 g/mol. The molecule has 0 saturated heterocycles. The molecule has 1 aliphatic rings. The Labute approximate surface area is 178 Å². The molecule has 0 spiro atoms. The smallest absolute Gasteiger partial charge is 0.247 e. The largest absolute Gasteiger partial charge is 0.487 e. The molecule has 0 unspecified atom stereocenters. The van der Waals surface area contributed by atoms with Gasteiger partial charge in [-0.2, -0.15) is 9.57 Å². The number of benzene rings is 2. The summed E-state index contributed by atoms with van der Waals surface area (Å²) in [7, 11) is -2.02. The maximum Gasteiger partial charge on any atom is 0.247 e. The monoisotopic (exact) mass is 429 g/mol. The minimum atomic E-state index is -3.85. The first-order chi connectivity index (χ1) is 14.3. The van der Waals surface area contributed by atoms with Crippen molar-refractivity contribution in [3.8, 4) is 22.9 Å². The van der Waals surface area contributed by atoms with Crippen LogP contribution >= 0.6 is 0 Å². The van der Waals surface area contributed by atoms with Crippen LogP contribution < -0.4 is 10.1 Å². The molecule has 0 aromatic heterocycles. The number of hydrogen-bond acceptors (Lipinski definition) is 6. The summed E-state index contributed by atoms with van der Waals surface area (Å²) in [6.45, 7) is 4.20. The second-order valence-corrected chi connectivity index (χ2v) is 9.51. The molecule has 0 amide bonds. The van der Waals surface area contributed by atoms with Gasteiger partial charge in [-0.1, -0.05) is 25.1 Å². The van der Waals surface area contributed by atoms with E-state index in [-0.39, 0.29) is 30.1 Å². The highest BCUT2D eigenvalue weighted by molar-refractivity contribution is 7.89. The number of hydrogen-bond donors (Lipinski definition) is 2. The van der Waals surface area contributed by atoms with E-state index < -0.39 is 16.1 Å². The van der Waals surface area contributed by atoms with Crippen LogP contribution in [0.3, 0.4) is 0 Å². The molecule has 1 aliphatic heterocycles. The molecule has 0 fully saturated rings. The van der Waals surface area contributed by atoms with E-state index in [1.54, 1.807) is 37.3 Å². The molecule has 3 rings (SSSR count). The van der Waals surface area contributed by atoms with E-state index in [0.717, 1.165) is 11.1 Å². The first-order valence-electron chi connectivity index (χ1n) is 9.90. The van der Waals surface area contributed by atoms with Gasteiger partial charge in [-0.25, -0.2) is 8.42 Å². The van der Waals surface area contributed by atoms with Crippen LogP contribution in [0.2, 0.25) is 0 Å². The quantitative estimate of drug-likeness (QED) is 0.756. The lowest BCUT2D eigenvalue weighted by molar-refractivity contribution is 0.103. The zero-order valence-electron chi connectivity index (χ0n) is 17.4. The number of ether oxygens (including phenoxy) is 1. The summed E-state index contributed by atoms with van der Waals surface area (Å²) >= 11 is 0. The lowest BCUT2D eigenvalue weighted by Gasteiger charge is -2.36. The van der Waals surface area contributed by atoms with Crippen LogP contribution in [-0.2, 0) is 10.0 Å². The summed E-state index contributed by atoms with van der Waals surface area (Å²) in [5.74, 6) is 0.201. The van der Waals surface area contributed by atoms with Gasteiger partial charge in [-0.3, -0.25) is 0 Å². The average Bonchev–Trinajstić information content (AvgIpc) is 2.75. The van der Waals surface area contributed by atoms with Crippen molar-refractivity contribution < 1.29 is 18.3 Å². The van der Waals surface area contributed by atoms with Gasteiger partial charge in [0.2, 0.25) is 10.0 Å².